The number of pyridine rings is 1. The Hall–Kier alpha value is -4.79. The number of halogens is 5. The average molecular weight is 886 g/mol. The molecule has 334 valence electrons. The van der Waals surface area contributed by atoms with Gasteiger partial charge in [-0.05, 0) is 82.4 Å². The van der Waals surface area contributed by atoms with Crippen LogP contribution >= 0.6 is 0 Å². The van der Waals surface area contributed by atoms with Crippen molar-refractivity contribution in [3.8, 4) is 11.5 Å². The molecule has 2 aliphatic carbocycles. The number of ether oxygens (including phenoxy) is 4. The van der Waals surface area contributed by atoms with Gasteiger partial charge in [0.05, 0.1) is 25.3 Å². The third-order valence-electron chi connectivity index (χ3n) is 12.3. The lowest BCUT2D eigenvalue weighted by molar-refractivity contribution is -0.147. The molecule has 2 aromatic rings. The Balaban J connectivity index is 1.24. The number of hydrogen-bond acceptors (Lipinski definition) is 11. The second-order valence-electron chi connectivity index (χ2n) is 16.3. The van der Waals surface area contributed by atoms with E-state index in [1.807, 2.05) is 6.08 Å². The van der Waals surface area contributed by atoms with Crippen molar-refractivity contribution in [2.75, 3.05) is 27.4 Å². The third kappa shape index (κ3) is 8.94. The highest BCUT2D eigenvalue weighted by Gasteiger charge is 2.64. The summed E-state index contributed by atoms with van der Waals surface area (Å²) in [5, 5.41) is 5.47. The molecular formula is C40H48F5N5O10S. The smallest absolute Gasteiger partial charge is 0.437 e. The lowest BCUT2D eigenvalue weighted by Crippen LogP contribution is -2.61. The number of aryl methyl sites for hydroxylation is 1. The van der Waals surface area contributed by atoms with E-state index in [-0.39, 0.29) is 69.1 Å². The van der Waals surface area contributed by atoms with E-state index in [0.29, 0.717) is 36.8 Å². The maximum absolute atomic E-state index is 14.8. The summed E-state index contributed by atoms with van der Waals surface area (Å²) in [6.45, 7) is -1.40. The Bertz CT molecular complexity index is 2190. The molecule has 3 fully saturated rings. The predicted octanol–water partition coefficient (Wildman–Crippen LogP) is 4.70. The zero-order valence-electron chi connectivity index (χ0n) is 33.5. The molecular weight excluding hydrogens is 838 g/mol. The number of nitrogens with one attached hydrogen (secondary N) is 3. The number of carbonyl (C=O) groups excluding carboxylic acids is 4. The molecule has 3 aliphatic heterocycles. The number of allylic oxidation sites excluding steroid dienone is 1. The van der Waals surface area contributed by atoms with Crippen molar-refractivity contribution in [1.82, 2.24) is 25.2 Å². The number of benzene rings is 1. The quantitative estimate of drug-likeness (QED) is 0.222. The van der Waals surface area contributed by atoms with E-state index in [2.05, 4.69) is 25.1 Å². The Morgan fingerprint density at radius 2 is 1.85 bits per heavy atom. The van der Waals surface area contributed by atoms with Crippen LogP contribution in [0.4, 0.5) is 26.7 Å². The number of carbonyl (C=O) groups is 4. The Labute approximate surface area is 348 Å². The minimum atomic E-state index is -4.95. The Morgan fingerprint density at radius 3 is 2.54 bits per heavy atom. The molecule has 7 rings (SSSR count). The molecule has 2 saturated carbocycles. The van der Waals surface area contributed by atoms with E-state index in [1.165, 1.54) is 26.4 Å². The zero-order valence-corrected chi connectivity index (χ0v) is 34.3. The molecule has 15 nitrogen and oxygen atoms in total. The number of amides is 4. The van der Waals surface area contributed by atoms with Crippen LogP contribution in [0.2, 0.25) is 0 Å². The van der Waals surface area contributed by atoms with Gasteiger partial charge in [-0.2, -0.15) is 13.2 Å². The molecule has 4 heterocycles. The first-order valence-electron chi connectivity index (χ1n) is 20.3. The zero-order chi connectivity index (χ0) is 43.9. The van der Waals surface area contributed by atoms with Crippen LogP contribution in [0.3, 0.4) is 0 Å². The Morgan fingerprint density at radius 1 is 1.08 bits per heavy atom. The summed E-state index contributed by atoms with van der Waals surface area (Å²) in [4.78, 5) is 61.2. The molecule has 61 heavy (non-hydrogen) atoms. The van der Waals surface area contributed by atoms with Crippen LogP contribution in [0.5, 0.6) is 11.5 Å². The van der Waals surface area contributed by atoms with Gasteiger partial charge >= 0.3 is 12.3 Å². The molecule has 4 amide bonds. The normalized spacial score (nSPS) is 27.7. The lowest BCUT2D eigenvalue weighted by atomic mass is 9.93. The van der Waals surface area contributed by atoms with Gasteiger partial charge in [-0.3, -0.25) is 19.1 Å². The highest BCUT2D eigenvalue weighted by atomic mass is 32.2. The largest absolute Gasteiger partial charge is 0.497 e. The monoisotopic (exact) mass is 885 g/mol. The van der Waals surface area contributed by atoms with Gasteiger partial charge in [0.15, 0.2) is 18.1 Å². The van der Waals surface area contributed by atoms with E-state index >= 15 is 0 Å². The minimum Gasteiger partial charge on any atom is -0.497 e. The van der Waals surface area contributed by atoms with Gasteiger partial charge < -0.3 is 34.5 Å². The van der Waals surface area contributed by atoms with E-state index < -0.39 is 105 Å². The fourth-order valence-electron chi connectivity index (χ4n) is 8.84. The molecule has 1 aromatic heterocycles. The molecule has 5 aliphatic rings. The second kappa shape index (κ2) is 17.2. The molecule has 1 saturated heterocycles. The highest BCUT2D eigenvalue weighted by Crippen LogP contribution is 2.49. The molecule has 1 aromatic carbocycles. The first kappa shape index (κ1) is 44.3. The first-order valence-corrected chi connectivity index (χ1v) is 21.7. The lowest BCUT2D eigenvalue weighted by Gasteiger charge is -2.39. The van der Waals surface area contributed by atoms with E-state index in [4.69, 9.17) is 14.2 Å². The van der Waals surface area contributed by atoms with Crippen molar-refractivity contribution in [3.63, 3.8) is 0 Å². The predicted molar refractivity (Wildman–Crippen MR) is 206 cm³/mol. The topological polar surface area (TPSA) is 192 Å². The van der Waals surface area contributed by atoms with Crippen molar-refractivity contribution >= 4 is 44.7 Å². The number of nitrogens with zero attached hydrogens (tertiary/aromatic N) is 2. The van der Waals surface area contributed by atoms with Gasteiger partial charge in [0.1, 0.15) is 34.2 Å². The maximum atomic E-state index is 14.8. The van der Waals surface area contributed by atoms with Crippen molar-refractivity contribution in [2.24, 2.45) is 5.92 Å². The van der Waals surface area contributed by atoms with Gasteiger partial charge in [0.2, 0.25) is 21.8 Å². The summed E-state index contributed by atoms with van der Waals surface area (Å²) < 4.78 is 119. The van der Waals surface area contributed by atoms with Crippen molar-refractivity contribution in [3.05, 3.63) is 41.6 Å². The molecule has 21 heteroatoms. The Kier molecular flexibility index (Phi) is 12.5. The van der Waals surface area contributed by atoms with E-state index in [9.17, 15) is 49.5 Å². The fraction of sp³-hybridized carbons (Fsp3) is 0.625. The summed E-state index contributed by atoms with van der Waals surface area (Å²) in [6, 6.07) is 0.565. The summed E-state index contributed by atoms with van der Waals surface area (Å²) in [5.74, 6) is -3.45. The van der Waals surface area contributed by atoms with Crippen molar-refractivity contribution < 1.29 is 68.5 Å². The van der Waals surface area contributed by atoms with E-state index in [0.717, 1.165) is 4.90 Å². The van der Waals surface area contributed by atoms with Crippen LogP contribution in [-0.2, 0) is 46.5 Å². The van der Waals surface area contributed by atoms with Crippen molar-refractivity contribution in [2.45, 2.75) is 124 Å². The average Bonchev–Trinajstić information content (AvgIpc) is 4.11. The standard InChI is InChI=1S/C40H48F5N5O10S/c1-57-21-38(16-17-38)61(55,56)49-36(53)39-19-22(39)8-6-4-3-5-7-9-27(47-37(54)59-20-31(41)42)35(52)50-28(13-14-29(50)34(51)48-39)30-15-11-24-25-18-23(58-2)10-12-26(25)46-33(32(24)60-30)40(43,44)45/h6,8,10,12,18,22,27-31H,3-5,7,9,11,13-17,19-21H2,1-2H3,(H,47,54)(H,48,51)(H,49,53). The number of aromatic nitrogens is 1. The number of sulfonamides is 1. The van der Waals surface area contributed by atoms with Crippen LogP contribution < -0.4 is 24.8 Å². The number of alkyl carbamates (subject to hydrolysis) is 1. The van der Waals surface area contributed by atoms with Crippen LogP contribution in [0, 0.1) is 5.92 Å². The van der Waals surface area contributed by atoms with Gasteiger partial charge in [-0.25, -0.2) is 27.0 Å². The molecule has 6 atom stereocenters. The van der Waals surface area contributed by atoms with Gasteiger partial charge in [0, 0.05) is 24.0 Å². The number of methoxy groups -OCH3 is 2. The van der Waals surface area contributed by atoms with Gasteiger partial charge in [0.25, 0.3) is 12.3 Å². The SMILES string of the molecule is COCC1(S(=O)(=O)NC(=O)C23CC2C=CCCCCCC(NC(=O)OCC(F)F)C(=O)N2C(CCC2C2CCc4c(c(C(F)(F)F)nc5ccc(OC)cc45)O2)C(=O)N3)CC1. The maximum Gasteiger partial charge on any atom is 0.437 e. The van der Waals surface area contributed by atoms with Crippen LogP contribution in [0.15, 0.2) is 30.4 Å². The van der Waals surface area contributed by atoms with E-state index in [1.54, 1.807) is 12.1 Å². The minimum absolute atomic E-state index is 0.00966. The number of hydrogen-bond donors (Lipinski definition) is 3. The number of rotatable bonds is 10. The molecule has 6 unspecified atom stereocenters. The summed E-state index contributed by atoms with van der Waals surface area (Å²) >= 11 is 0. The van der Waals surface area contributed by atoms with Crippen LogP contribution in [0.1, 0.15) is 81.9 Å². The summed E-state index contributed by atoms with van der Waals surface area (Å²) in [5.41, 5.74) is -2.73. The molecule has 0 radical (unpaired) electrons. The van der Waals surface area contributed by atoms with Gasteiger partial charge in [-0.15, -0.1) is 0 Å². The number of alkyl halides is 5. The fourth-order valence-corrected chi connectivity index (χ4v) is 10.4. The number of fused-ring (bicyclic) bond motifs is 5. The second-order valence-corrected chi connectivity index (χ2v) is 18.4. The summed E-state index contributed by atoms with van der Waals surface area (Å²) in [7, 11) is -1.51. The highest BCUT2D eigenvalue weighted by molar-refractivity contribution is 7.91. The van der Waals surface area contributed by atoms with Crippen molar-refractivity contribution in [1.29, 1.82) is 0 Å². The third-order valence-corrected chi connectivity index (χ3v) is 14.4. The summed E-state index contributed by atoms with van der Waals surface area (Å²) in [6.07, 6.45) is -4.21. The van der Waals surface area contributed by atoms with Gasteiger partial charge in [-0.1, -0.05) is 25.0 Å². The first-order chi connectivity index (χ1) is 28.9. The van der Waals surface area contributed by atoms with Crippen LogP contribution in [-0.4, -0.2) is 110 Å². The molecule has 3 N–H and O–H groups in total. The molecule has 0 spiro atoms. The van der Waals surface area contributed by atoms with Crippen LogP contribution in [0.25, 0.3) is 10.9 Å². The molecule has 0 bridgehead atoms.